The summed E-state index contributed by atoms with van der Waals surface area (Å²) in [7, 11) is 2.15. The molecular weight excluding hydrogens is 262 g/mol. The molecule has 19 heavy (non-hydrogen) atoms. The summed E-state index contributed by atoms with van der Waals surface area (Å²) in [5.41, 5.74) is 7.80. The fourth-order valence-electron chi connectivity index (χ4n) is 2.33. The Labute approximate surface area is 121 Å². The molecule has 0 spiro atoms. The van der Waals surface area contributed by atoms with Crippen LogP contribution >= 0.6 is 12.4 Å². The Kier molecular flexibility index (Phi) is 6.58. The third-order valence-corrected chi connectivity index (χ3v) is 3.57. The Balaban J connectivity index is 0.00000180. The van der Waals surface area contributed by atoms with E-state index in [0.717, 1.165) is 44.7 Å². The fraction of sp³-hybridized carbons (Fsp3) is 0.571. The monoisotopic (exact) mass is 285 g/mol. The van der Waals surface area contributed by atoms with Gasteiger partial charge in [-0.15, -0.1) is 12.4 Å². The van der Waals surface area contributed by atoms with Crippen LogP contribution in [0.1, 0.15) is 11.1 Å². The molecule has 1 aliphatic rings. The maximum Gasteiger partial charge on any atom is 0.120 e. The molecule has 5 heteroatoms. The number of halogens is 1. The SMILES string of the molecule is CN1CCN(Cc2cc(CCN)ccc2O)CC1.Cl. The number of piperazine rings is 1. The van der Waals surface area contributed by atoms with Crippen molar-refractivity contribution < 1.29 is 5.11 Å². The van der Waals surface area contributed by atoms with E-state index in [4.69, 9.17) is 5.73 Å². The normalized spacial score (nSPS) is 17.2. The lowest BCUT2D eigenvalue weighted by Crippen LogP contribution is -2.43. The highest BCUT2D eigenvalue weighted by atomic mass is 35.5. The first-order valence-corrected chi connectivity index (χ1v) is 6.61. The summed E-state index contributed by atoms with van der Waals surface area (Å²) in [6, 6.07) is 5.83. The molecule has 0 radical (unpaired) electrons. The predicted octanol–water partition coefficient (Wildman–Crippen LogP) is 1.06. The Morgan fingerprint density at radius 3 is 2.53 bits per heavy atom. The molecule has 4 nitrogen and oxygen atoms in total. The Morgan fingerprint density at radius 2 is 1.89 bits per heavy atom. The van der Waals surface area contributed by atoms with Gasteiger partial charge in [0.15, 0.2) is 0 Å². The van der Waals surface area contributed by atoms with Gasteiger partial charge in [0.2, 0.25) is 0 Å². The van der Waals surface area contributed by atoms with E-state index in [1.54, 1.807) is 6.07 Å². The lowest BCUT2D eigenvalue weighted by molar-refractivity contribution is 0.147. The molecule has 108 valence electrons. The van der Waals surface area contributed by atoms with Crippen molar-refractivity contribution in [3.8, 4) is 5.75 Å². The summed E-state index contributed by atoms with van der Waals surface area (Å²) >= 11 is 0. The van der Waals surface area contributed by atoms with Crippen LogP contribution in [0.5, 0.6) is 5.75 Å². The molecule has 0 amide bonds. The van der Waals surface area contributed by atoms with E-state index in [2.05, 4.69) is 22.9 Å². The average molecular weight is 286 g/mol. The van der Waals surface area contributed by atoms with Crippen LogP contribution in [-0.2, 0) is 13.0 Å². The number of hydrogen-bond donors (Lipinski definition) is 2. The minimum absolute atomic E-state index is 0. The zero-order chi connectivity index (χ0) is 13.0. The number of phenolic OH excluding ortho intramolecular Hbond substituents is 1. The lowest BCUT2D eigenvalue weighted by atomic mass is 10.1. The summed E-state index contributed by atoms with van der Waals surface area (Å²) in [5.74, 6) is 0.398. The molecular formula is C14H24ClN3O. The second-order valence-corrected chi connectivity index (χ2v) is 5.08. The zero-order valence-electron chi connectivity index (χ0n) is 11.5. The van der Waals surface area contributed by atoms with Gasteiger partial charge in [0.1, 0.15) is 5.75 Å². The smallest absolute Gasteiger partial charge is 0.120 e. The standard InChI is InChI=1S/C14H23N3O.ClH/c1-16-6-8-17(9-7-16)11-13-10-12(4-5-15)2-3-14(13)18;/h2-3,10,18H,4-9,11,15H2,1H3;1H. The van der Waals surface area contributed by atoms with Gasteiger partial charge in [0.05, 0.1) is 0 Å². The number of benzene rings is 1. The first-order chi connectivity index (χ1) is 8.69. The Hall–Kier alpha value is -0.810. The topological polar surface area (TPSA) is 52.7 Å². The zero-order valence-corrected chi connectivity index (χ0v) is 12.3. The van der Waals surface area contributed by atoms with Crippen LogP contribution < -0.4 is 5.73 Å². The molecule has 0 atom stereocenters. The van der Waals surface area contributed by atoms with Crippen LogP contribution in [0.15, 0.2) is 18.2 Å². The molecule has 2 rings (SSSR count). The van der Waals surface area contributed by atoms with E-state index in [-0.39, 0.29) is 12.4 Å². The molecule has 0 bridgehead atoms. The van der Waals surface area contributed by atoms with Crippen LogP contribution in [0.25, 0.3) is 0 Å². The highest BCUT2D eigenvalue weighted by molar-refractivity contribution is 5.85. The summed E-state index contributed by atoms with van der Waals surface area (Å²) in [6.45, 7) is 5.82. The van der Waals surface area contributed by atoms with Crippen molar-refractivity contribution >= 4 is 12.4 Å². The van der Waals surface area contributed by atoms with Crippen LogP contribution in [0.3, 0.4) is 0 Å². The van der Waals surface area contributed by atoms with Crippen LogP contribution in [0.2, 0.25) is 0 Å². The van der Waals surface area contributed by atoms with E-state index < -0.39 is 0 Å². The third kappa shape index (κ3) is 4.66. The minimum atomic E-state index is 0. The molecule has 3 N–H and O–H groups in total. The number of hydrogen-bond acceptors (Lipinski definition) is 4. The van der Waals surface area contributed by atoms with Gasteiger partial charge in [0.25, 0.3) is 0 Å². The van der Waals surface area contributed by atoms with Crippen molar-refractivity contribution in [1.29, 1.82) is 0 Å². The number of likely N-dealkylation sites (N-methyl/N-ethyl adjacent to an activating group) is 1. The van der Waals surface area contributed by atoms with E-state index >= 15 is 0 Å². The van der Waals surface area contributed by atoms with E-state index in [9.17, 15) is 5.11 Å². The first-order valence-electron chi connectivity index (χ1n) is 6.61. The highest BCUT2D eigenvalue weighted by Crippen LogP contribution is 2.21. The number of nitrogens with two attached hydrogens (primary N) is 1. The Morgan fingerprint density at radius 1 is 1.21 bits per heavy atom. The van der Waals surface area contributed by atoms with Crippen LogP contribution in [0, 0.1) is 0 Å². The minimum Gasteiger partial charge on any atom is -0.508 e. The molecule has 0 saturated carbocycles. The maximum atomic E-state index is 9.92. The van der Waals surface area contributed by atoms with Crippen molar-refractivity contribution in [1.82, 2.24) is 9.80 Å². The molecule has 0 aliphatic carbocycles. The van der Waals surface area contributed by atoms with E-state index in [1.807, 2.05) is 6.07 Å². The molecule has 1 aromatic rings. The molecule has 1 fully saturated rings. The maximum absolute atomic E-state index is 9.92. The molecule has 0 unspecified atom stereocenters. The van der Waals surface area contributed by atoms with Gasteiger partial charge < -0.3 is 15.7 Å². The number of rotatable bonds is 4. The van der Waals surface area contributed by atoms with Gasteiger partial charge in [-0.2, -0.15) is 0 Å². The van der Waals surface area contributed by atoms with Gasteiger partial charge in [-0.05, 0) is 31.6 Å². The van der Waals surface area contributed by atoms with Gasteiger partial charge >= 0.3 is 0 Å². The van der Waals surface area contributed by atoms with Gasteiger partial charge in [0, 0.05) is 38.3 Å². The summed E-state index contributed by atoms with van der Waals surface area (Å²) < 4.78 is 0. The van der Waals surface area contributed by atoms with Gasteiger partial charge in [-0.1, -0.05) is 12.1 Å². The van der Waals surface area contributed by atoms with E-state index in [0.29, 0.717) is 12.3 Å². The summed E-state index contributed by atoms with van der Waals surface area (Å²) in [4.78, 5) is 4.72. The fourth-order valence-corrected chi connectivity index (χ4v) is 2.33. The predicted molar refractivity (Wildman–Crippen MR) is 80.9 cm³/mol. The second kappa shape index (κ2) is 7.70. The van der Waals surface area contributed by atoms with Crippen molar-refractivity contribution in [2.24, 2.45) is 5.73 Å². The van der Waals surface area contributed by atoms with Crippen molar-refractivity contribution in [2.75, 3.05) is 39.8 Å². The summed E-state index contributed by atoms with van der Waals surface area (Å²) in [5, 5.41) is 9.92. The van der Waals surface area contributed by atoms with Crippen molar-refractivity contribution in [3.63, 3.8) is 0 Å². The van der Waals surface area contributed by atoms with E-state index in [1.165, 1.54) is 5.56 Å². The van der Waals surface area contributed by atoms with Crippen molar-refractivity contribution in [3.05, 3.63) is 29.3 Å². The molecule has 1 heterocycles. The molecule has 1 aromatic carbocycles. The Bertz CT molecular complexity index is 392. The molecule has 1 aliphatic heterocycles. The lowest BCUT2D eigenvalue weighted by Gasteiger charge is -2.32. The van der Waals surface area contributed by atoms with Crippen LogP contribution in [-0.4, -0.2) is 54.7 Å². The summed E-state index contributed by atoms with van der Waals surface area (Å²) in [6.07, 6.45) is 0.871. The quantitative estimate of drug-likeness (QED) is 0.869. The van der Waals surface area contributed by atoms with Crippen molar-refractivity contribution in [2.45, 2.75) is 13.0 Å². The van der Waals surface area contributed by atoms with Gasteiger partial charge in [-0.25, -0.2) is 0 Å². The molecule has 0 aromatic heterocycles. The largest absolute Gasteiger partial charge is 0.508 e. The van der Waals surface area contributed by atoms with Crippen LogP contribution in [0.4, 0.5) is 0 Å². The average Bonchev–Trinajstić information content (AvgIpc) is 2.36. The number of nitrogens with zero attached hydrogens (tertiary/aromatic N) is 2. The first kappa shape index (κ1) is 16.2. The highest BCUT2D eigenvalue weighted by Gasteiger charge is 2.15. The third-order valence-electron chi connectivity index (χ3n) is 3.57. The second-order valence-electron chi connectivity index (χ2n) is 5.08. The molecule has 1 saturated heterocycles. The number of aromatic hydroxyl groups is 1. The number of phenols is 1. The van der Waals surface area contributed by atoms with Gasteiger partial charge in [-0.3, -0.25) is 4.90 Å².